The zero-order valence-corrected chi connectivity index (χ0v) is 12.0. The summed E-state index contributed by atoms with van der Waals surface area (Å²) in [6, 6.07) is 3.89. The van der Waals surface area contributed by atoms with Crippen molar-refractivity contribution in [1.82, 2.24) is 4.98 Å². The molecule has 1 nitrogen and oxygen atoms in total. The summed E-state index contributed by atoms with van der Waals surface area (Å²) in [6.45, 7) is 6.36. The van der Waals surface area contributed by atoms with Crippen molar-refractivity contribution in [2.45, 2.75) is 25.8 Å². The van der Waals surface area contributed by atoms with Gasteiger partial charge in [0.1, 0.15) is 0 Å². The minimum absolute atomic E-state index is 0.115. The second-order valence-corrected chi connectivity index (χ2v) is 10.8. The molecule has 0 bridgehead atoms. The number of fused-ring (bicyclic) bond motifs is 1. The van der Waals surface area contributed by atoms with Crippen molar-refractivity contribution in [1.29, 1.82) is 0 Å². The number of rotatable bonds is 1. The fourth-order valence-electron chi connectivity index (χ4n) is 1.77. The maximum atomic E-state index is 12.7. The molecule has 0 saturated heterocycles. The normalized spacial score (nSPS) is 13.3. The average Bonchev–Trinajstić information content (AvgIpc) is 2.59. The van der Waals surface area contributed by atoms with Crippen molar-refractivity contribution in [2.75, 3.05) is 0 Å². The summed E-state index contributed by atoms with van der Waals surface area (Å²) >= 11 is 5.92. The van der Waals surface area contributed by atoms with Crippen molar-refractivity contribution >= 4 is 35.9 Å². The number of aromatic nitrogens is 1. The van der Waals surface area contributed by atoms with Crippen LogP contribution < -0.4 is 5.32 Å². The van der Waals surface area contributed by atoms with Gasteiger partial charge in [-0.25, -0.2) is 0 Å². The van der Waals surface area contributed by atoms with Crippen LogP contribution in [0.3, 0.4) is 0 Å². The lowest BCUT2D eigenvalue weighted by Crippen LogP contribution is -2.38. The van der Waals surface area contributed by atoms with Crippen molar-refractivity contribution in [2.24, 2.45) is 0 Å². The monoisotopic (exact) mass is 291 g/mol. The molecular formula is C12H13ClF3NSi. The zero-order valence-electron chi connectivity index (χ0n) is 10.2. The van der Waals surface area contributed by atoms with E-state index in [0.29, 0.717) is 10.9 Å². The van der Waals surface area contributed by atoms with E-state index in [9.17, 15) is 13.2 Å². The van der Waals surface area contributed by atoms with E-state index < -0.39 is 19.8 Å². The van der Waals surface area contributed by atoms with Crippen molar-refractivity contribution in [3.63, 3.8) is 0 Å². The Morgan fingerprint density at radius 3 is 2.22 bits per heavy atom. The molecule has 0 fully saturated rings. The van der Waals surface area contributed by atoms with Gasteiger partial charge in [-0.1, -0.05) is 31.2 Å². The topological polar surface area (TPSA) is 15.8 Å². The summed E-state index contributed by atoms with van der Waals surface area (Å²) in [5, 5.41) is 1.63. The van der Waals surface area contributed by atoms with Gasteiger partial charge in [-0.2, -0.15) is 13.2 Å². The lowest BCUT2D eigenvalue weighted by Gasteiger charge is -2.12. The molecule has 98 valence electrons. The predicted octanol–water partition coefficient (Wildman–Crippen LogP) is 4.39. The highest BCUT2D eigenvalue weighted by Crippen LogP contribution is 2.34. The van der Waals surface area contributed by atoms with Gasteiger partial charge in [-0.15, -0.1) is 0 Å². The first-order valence-electron chi connectivity index (χ1n) is 5.49. The first-order chi connectivity index (χ1) is 8.09. The van der Waals surface area contributed by atoms with E-state index in [-0.39, 0.29) is 5.02 Å². The van der Waals surface area contributed by atoms with Crippen molar-refractivity contribution < 1.29 is 13.2 Å². The lowest BCUT2D eigenvalue weighted by molar-refractivity contribution is -0.137. The van der Waals surface area contributed by atoms with Gasteiger partial charge in [-0.05, 0) is 23.5 Å². The van der Waals surface area contributed by atoms with Gasteiger partial charge in [0.15, 0.2) is 0 Å². The third kappa shape index (κ3) is 2.42. The standard InChI is InChI=1S/C12H13ClF3NSi/c1-18(2,3)10-5-7-4-8(12(14,15)16)6-9(13)11(7)17-10/h4-6,17H,1-3H3. The highest BCUT2D eigenvalue weighted by molar-refractivity contribution is 6.88. The molecular weight excluding hydrogens is 279 g/mol. The molecule has 0 unspecified atom stereocenters. The highest BCUT2D eigenvalue weighted by atomic mass is 35.5. The summed E-state index contributed by atoms with van der Waals surface area (Å²) in [4.78, 5) is 3.14. The molecule has 2 aromatic rings. The fourth-order valence-corrected chi connectivity index (χ4v) is 3.13. The second kappa shape index (κ2) is 4.03. The average molecular weight is 292 g/mol. The highest BCUT2D eigenvalue weighted by Gasteiger charge is 2.31. The second-order valence-electron chi connectivity index (χ2n) is 5.35. The molecule has 1 heterocycles. The minimum Gasteiger partial charge on any atom is -0.361 e. The predicted molar refractivity (Wildman–Crippen MR) is 71.3 cm³/mol. The third-order valence-electron chi connectivity index (χ3n) is 2.82. The number of hydrogen-bond acceptors (Lipinski definition) is 0. The van der Waals surface area contributed by atoms with E-state index >= 15 is 0 Å². The maximum absolute atomic E-state index is 12.7. The lowest BCUT2D eigenvalue weighted by atomic mass is 10.1. The van der Waals surface area contributed by atoms with E-state index in [0.717, 1.165) is 17.4 Å². The molecule has 0 aliphatic heterocycles. The molecule has 0 aliphatic rings. The van der Waals surface area contributed by atoms with E-state index in [1.807, 2.05) is 0 Å². The number of H-pyrrole nitrogens is 1. The van der Waals surface area contributed by atoms with Crippen LogP contribution in [0.15, 0.2) is 18.2 Å². The fraction of sp³-hybridized carbons (Fsp3) is 0.333. The van der Waals surface area contributed by atoms with Gasteiger partial charge >= 0.3 is 6.18 Å². The van der Waals surface area contributed by atoms with Crippen LogP contribution in [0.1, 0.15) is 5.56 Å². The molecule has 0 aliphatic carbocycles. The molecule has 0 radical (unpaired) electrons. The zero-order chi connectivity index (χ0) is 13.7. The summed E-state index contributed by atoms with van der Waals surface area (Å²) in [6.07, 6.45) is -4.37. The molecule has 0 atom stereocenters. The van der Waals surface area contributed by atoms with Crippen molar-refractivity contribution in [3.8, 4) is 0 Å². The number of alkyl halides is 3. The number of halogens is 4. The number of benzene rings is 1. The first kappa shape index (κ1) is 13.5. The number of aromatic amines is 1. The molecule has 0 saturated carbocycles. The van der Waals surface area contributed by atoms with Crippen LogP contribution in [0, 0.1) is 0 Å². The van der Waals surface area contributed by atoms with Gasteiger partial charge in [0.25, 0.3) is 0 Å². The van der Waals surface area contributed by atoms with E-state index in [2.05, 4.69) is 24.6 Å². The molecule has 18 heavy (non-hydrogen) atoms. The summed E-state index contributed by atoms with van der Waals surface area (Å²) in [5.74, 6) is 0. The quantitative estimate of drug-likeness (QED) is 0.750. The first-order valence-corrected chi connectivity index (χ1v) is 9.37. The van der Waals surface area contributed by atoms with Gasteiger partial charge < -0.3 is 4.98 Å². The van der Waals surface area contributed by atoms with Crippen LogP contribution in [-0.2, 0) is 6.18 Å². The Labute approximate surface area is 109 Å². The van der Waals surface area contributed by atoms with Crippen LogP contribution in [0.4, 0.5) is 13.2 Å². The summed E-state index contributed by atoms with van der Waals surface area (Å²) in [7, 11) is -1.60. The number of nitrogens with one attached hydrogen (secondary N) is 1. The molecule has 0 amide bonds. The van der Waals surface area contributed by atoms with Gasteiger partial charge in [0, 0.05) is 5.39 Å². The summed E-state index contributed by atoms with van der Waals surface area (Å²) < 4.78 is 38.0. The van der Waals surface area contributed by atoms with E-state index in [1.54, 1.807) is 6.07 Å². The Balaban J connectivity index is 2.67. The Kier molecular flexibility index (Phi) is 3.02. The van der Waals surface area contributed by atoms with Gasteiger partial charge in [-0.3, -0.25) is 0 Å². The molecule has 0 spiro atoms. The van der Waals surface area contributed by atoms with Crippen LogP contribution in [0.25, 0.3) is 10.9 Å². The van der Waals surface area contributed by atoms with Crippen LogP contribution in [0.5, 0.6) is 0 Å². The Bertz CT molecular complexity index is 596. The number of hydrogen-bond donors (Lipinski definition) is 1. The molecule has 1 aromatic heterocycles. The SMILES string of the molecule is C[Si](C)(C)c1cc2cc(C(F)(F)F)cc(Cl)c2[nH]1. The van der Waals surface area contributed by atoms with Crippen molar-refractivity contribution in [3.05, 3.63) is 28.8 Å². The Morgan fingerprint density at radius 1 is 1.11 bits per heavy atom. The molecule has 1 aromatic carbocycles. The maximum Gasteiger partial charge on any atom is 0.416 e. The van der Waals surface area contributed by atoms with E-state index in [4.69, 9.17) is 11.6 Å². The Morgan fingerprint density at radius 2 is 1.72 bits per heavy atom. The van der Waals surface area contributed by atoms with Crippen LogP contribution in [0.2, 0.25) is 24.7 Å². The van der Waals surface area contributed by atoms with Crippen LogP contribution in [-0.4, -0.2) is 13.1 Å². The van der Waals surface area contributed by atoms with Gasteiger partial charge in [0.05, 0.1) is 24.2 Å². The Hall–Kier alpha value is -0.943. The summed E-state index contributed by atoms with van der Waals surface area (Å²) in [5.41, 5.74) is -0.122. The largest absolute Gasteiger partial charge is 0.416 e. The van der Waals surface area contributed by atoms with Gasteiger partial charge in [0.2, 0.25) is 0 Å². The molecule has 2 rings (SSSR count). The van der Waals surface area contributed by atoms with Crippen LogP contribution >= 0.6 is 11.6 Å². The third-order valence-corrected chi connectivity index (χ3v) is 5.00. The minimum atomic E-state index is -4.37. The smallest absolute Gasteiger partial charge is 0.361 e. The molecule has 6 heteroatoms. The van der Waals surface area contributed by atoms with E-state index in [1.165, 1.54) is 0 Å². The molecule has 1 N–H and O–H groups in total.